The SMILES string of the molecule is CC[C@@]1(O)C(=O)OCc2c1cc1n(c2=O)Cc2c-1nc1cc(F)c(C)c3c1c2[C@@H](NC(=O)COCNC(=O)CNC[C@H](Cc1ccccc1)NC(=O)CNC(=O)CNC(=O)CCCCCN1C(=O)C=CC1=O)CC3. The number of amides is 7. The zero-order valence-corrected chi connectivity index (χ0v) is 41.0. The van der Waals surface area contributed by atoms with E-state index in [4.69, 9.17) is 14.5 Å². The first kappa shape index (κ1) is 52.6. The third kappa shape index (κ3) is 11.6. The number of hydrogen-bond donors (Lipinski definition) is 7. The van der Waals surface area contributed by atoms with Crippen LogP contribution in [0, 0.1) is 12.7 Å². The smallest absolute Gasteiger partial charge is 0.343 e. The molecule has 0 radical (unpaired) electrons. The number of carbonyl (C=O) groups is 8. The highest BCUT2D eigenvalue weighted by molar-refractivity contribution is 6.12. The molecule has 4 aliphatic rings. The van der Waals surface area contributed by atoms with E-state index >= 15 is 4.39 Å². The van der Waals surface area contributed by atoms with Crippen molar-refractivity contribution in [2.45, 2.75) is 96.1 Å². The third-order valence-electron chi connectivity index (χ3n) is 13.8. The fourth-order valence-corrected chi connectivity index (χ4v) is 9.88. The van der Waals surface area contributed by atoms with Crippen LogP contribution in [0.1, 0.15) is 90.4 Å². The molecule has 0 unspecified atom stereocenters. The molecular weight excluding hydrogens is 962 g/mol. The minimum Gasteiger partial charge on any atom is -0.458 e. The molecule has 5 heterocycles. The molecule has 74 heavy (non-hydrogen) atoms. The molecule has 4 aromatic rings. The predicted octanol–water partition coefficient (Wildman–Crippen LogP) is 0.756. The number of carbonyl (C=O) groups excluding carboxylic acids is 8. The van der Waals surface area contributed by atoms with Gasteiger partial charge in [-0.2, -0.15) is 0 Å². The highest BCUT2D eigenvalue weighted by Crippen LogP contribution is 2.46. The van der Waals surface area contributed by atoms with E-state index in [-0.39, 0.29) is 94.3 Å². The lowest BCUT2D eigenvalue weighted by Gasteiger charge is -2.31. The van der Waals surface area contributed by atoms with Gasteiger partial charge in [0.2, 0.25) is 29.5 Å². The molecule has 0 spiro atoms. The highest BCUT2D eigenvalue weighted by atomic mass is 19.1. The molecule has 22 heteroatoms. The summed E-state index contributed by atoms with van der Waals surface area (Å²) in [5.74, 6) is -4.38. The maximum Gasteiger partial charge on any atom is 0.343 e. The third-order valence-corrected chi connectivity index (χ3v) is 13.8. The number of aryl methyl sites for hydroxylation is 1. The molecule has 3 aliphatic heterocycles. The van der Waals surface area contributed by atoms with Gasteiger partial charge in [0.25, 0.3) is 17.4 Å². The van der Waals surface area contributed by atoms with Crippen LogP contribution in [-0.2, 0) is 79.4 Å². The van der Waals surface area contributed by atoms with Gasteiger partial charge in [-0.1, -0.05) is 43.7 Å². The monoisotopic (exact) mass is 1020 g/mol. The molecule has 1 aliphatic carbocycles. The van der Waals surface area contributed by atoms with Crippen LogP contribution in [0.2, 0.25) is 0 Å². The molecule has 390 valence electrons. The van der Waals surface area contributed by atoms with E-state index in [1.165, 1.54) is 22.8 Å². The zero-order chi connectivity index (χ0) is 52.7. The molecule has 0 saturated carbocycles. The number of aliphatic hydroxyl groups is 1. The van der Waals surface area contributed by atoms with E-state index in [9.17, 15) is 48.3 Å². The largest absolute Gasteiger partial charge is 0.458 e. The first-order valence-electron chi connectivity index (χ1n) is 24.6. The fourth-order valence-electron chi connectivity index (χ4n) is 9.88. The maximum absolute atomic E-state index is 15.4. The number of nitrogens with zero attached hydrogens (tertiary/aromatic N) is 3. The predicted molar refractivity (Wildman–Crippen MR) is 263 cm³/mol. The molecule has 7 amide bonds. The molecule has 21 nitrogen and oxygen atoms in total. The topological polar surface area (TPSA) is 286 Å². The summed E-state index contributed by atoms with van der Waals surface area (Å²) in [6, 6.07) is 11.2. The van der Waals surface area contributed by atoms with Crippen LogP contribution in [0.3, 0.4) is 0 Å². The summed E-state index contributed by atoms with van der Waals surface area (Å²) in [4.78, 5) is 120. The van der Waals surface area contributed by atoms with Gasteiger partial charge in [-0.05, 0) is 73.8 Å². The van der Waals surface area contributed by atoms with Crippen LogP contribution in [0.5, 0.6) is 0 Å². The Kier molecular flexibility index (Phi) is 16.4. The van der Waals surface area contributed by atoms with E-state index in [0.717, 1.165) is 16.0 Å². The lowest BCUT2D eigenvalue weighted by molar-refractivity contribution is -0.172. The average Bonchev–Trinajstić information content (AvgIpc) is 3.94. The Morgan fingerprint density at radius 2 is 1.62 bits per heavy atom. The lowest BCUT2D eigenvalue weighted by Crippen LogP contribution is -2.49. The molecule has 7 N–H and O–H groups in total. The number of aromatic nitrogens is 2. The summed E-state index contributed by atoms with van der Waals surface area (Å²) in [7, 11) is 0. The second kappa shape index (κ2) is 23.0. The van der Waals surface area contributed by atoms with Gasteiger partial charge in [0.05, 0.1) is 54.7 Å². The Morgan fingerprint density at radius 1 is 0.892 bits per heavy atom. The summed E-state index contributed by atoms with van der Waals surface area (Å²) >= 11 is 0. The van der Waals surface area contributed by atoms with Crippen molar-refractivity contribution in [3.8, 4) is 11.4 Å². The van der Waals surface area contributed by atoms with E-state index in [1.54, 1.807) is 19.9 Å². The zero-order valence-electron chi connectivity index (χ0n) is 41.0. The average molecular weight is 1020 g/mol. The summed E-state index contributed by atoms with van der Waals surface area (Å²) in [6.07, 6.45) is 5.41. The van der Waals surface area contributed by atoms with Crippen LogP contribution in [-0.4, -0.2) is 119 Å². The number of cyclic esters (lactones) is 1. The van der Waals surface area contributed by atoms with Crippen molar-refractivity contribution >= 4 is 58.2 Å². The Balaban J connectivity index is 0.792. The number of rotatable bonds is 23. The molecule has 2 aromatic heterocycles. The number of imide groups is 1. The summed E-state index contributed by atoms with van der Waals surface area (Å²) in [5.41, 5.74) is 2.31. The van der Waals surface area contributed by atoms with Crippen LogP contribution < -0.4 is 37.5 Å². The summed E-state index contributed by atoms with van der Waals surface area (Å²) < 4.78 is 27.6. The van der Waals surface area contributed by atoms with E-state index in [2.05, 4.69) is 31.9 Å². The summed E-state index contributed by atoms with van der Waals surface area (Å²) in [5, 5.41) is 28.5. The van der Waals surface area contributed by atoms with Gasteiger partial charge in [0.1, 0.15) is 25.8 Å². The van der Waals surface area contributed by atoms with Crippen molar-refractivity contribution in [3.05, 3.63) is 110 Å². The van der Waals surface area contributed by atoms with E-state index in [0.29, 0.717) is 77.5 Å². The number of benzene rings is 2. The number of ether oxygens (including phenoxy) is 2. The standard InChI is InChI=1S/C52H58FN9O12/c1-3-52(72)35-19-39-49-33(25-62(39)50(70)34(35)26-74-51(52)71)48-37(14-13-32-29(2)36(53)20-38(60-49)47(32)48)59-44(67)27-73-28-57-41(64)22-54-21-31(18-30-10-6-4-7-11-30)58-43(66)24-56-42(65)23-55-40(63)12-8-5-9-17-61-45(68)15-16-46(61)69/h4,6-7,10-11,15-16,19-20,31,37,54,72H,3,5,8-9,12-14,17-18,21-28H2,1-2H3,(H,55,63)(H,56,65)(H,57,64)(H,58,66)(H,59,67)/t31-,37-,52-/m0/s1. The molecule has 3 atom stereocenters. The molecule has 0 bridgehead atoms. The van der Waals surface area contributed by atoms with Gasteiger partial charge in [-0.15, -0.1) is 0 Å². The first-order chi connectivity index (χ1) is 35.6. The second-order valence-corrected chi connectivity index (χ2v) is 18.7. The van der Waals surface area contributed by atoms with Gasteiger partial charge in [-0.3, -0.25) is 43.3 Å². The number of halogens is 1. The van der Waals surface area contributed by atoms with Gasteiger partial charge in [0.15, 0.2) is 5.60 Å². The van der Waals surface area contributed by atoms with Gasteiger partial charge >= 0.3 is 5.97 Å². The second-order valence-electron chi connectivity index (χ2n) is 18.7. The minimum absolute atomic E-state index is 0.0361. The van der Waals surface area contributed by atoms with Gasteiger partial charge in [-0.25, -0.2) is 14.2 Å². The van der Waals surface area contributed by atoms with Crippen molar-refractivity contribution in [1.82, 2.24) is 46.4 Å². The number of fused-ring (bicyclic) bond motifs is 5. The van der Waals surface area contributed by atoms with Crippen LogP contribution >= 0.6 is 0 Å². The van der Waals surface area contributed by atoms with Crippen molar-refractivity contribution in [1.29, 1.82) is 0 Å². The van der Waals surface area contributed by atoms with Crippen molar-refractivity contribution in [3.63, 3.8) is 0 Å². The van der Waals surface area contributed by atoms with Crippen LogP contribution in [0.4, 0.5) is 4.39 Å². The molecule has 8 rings (SSSR count). The van der Waals surface area contributed by atoms with Gasteiger partial charge in [0, 0.05) is 60.3 Å². The molecule has 2 aromatic carbocycles. The number of hydrogen-bond acceptors (Lipinski definition) is 14. The Morgan fingerprint density at radius 3 is 2.38 bits per heavy atom. The Labute approximate surface area is 424 Å². The van der Waals surface area contributed by atoms with Crippen LogP contribution in [0.15, 0.2) is 59.4 Å². The number of unbranched alkanes of at least 4 members (excludes halogenated alkanes) is 2. The maximum atomic E-state index is 15.4. The number of esters is 1. The number of nitrogens with one attached hydrogen (secondary N) is 6. The normalized spacial score (nSPS) is 17.5. The fraction of sp³-hybridized carbons (Fsp3) is 0.423. The minimum atomic E-state index is -2.04. The van der Waals surface area contributed by atoms with E-state index < -0.39 is 65.3 Å². The van der Waals surface area contributed by atoms with Crippen molar-refractivity contribution < 1.29 is 57.3 Å². The first-order valence-corrected chi connectivity index (χ1v) is 24.6. The molecule has 0 fully saturated rings. The van der Waals surface area contributed by atoms with Crippen molar-refractivity contribution in [2.24, 2.45) is 0 Å². The quantitative estimate of drug-likeness (QED) is 0.0206. The van der Waals surface area contributed by atoms with Crippen molar-refractivity contribution in [2.75, 3.05) is 46.1 Å². The molecule has 0 saturated heterocycles. The van der Waals surface area contributed by atoms with E-state index in [1.807, 2.05) is 30.3 Å². The highest BCUT2D eigenvalue weighted by Gasteiger charge is 2.46. The molecular formula is C52H58FN9O12. The summed E-state index contributed by atoms with van der Waals surface area (Å²) in [6.45, 7) is 1.92. The lowest BCUT2D eigenvalue weighted by atomic mass is 9.81. The number of pyridine rings is 2. The van der Waals surface area contributed by atoms with Crippen LogP contribution in [0.25, 0.3) is 22.3 Å². The Hall–Kier alpha value is -7.69. The van der Waals surface area contributed by atoms with Gasteiger partial charge < -0.3 is 51.0 Å². The Bertz CT molecular complexity index is 3000.